The number of rotatable bonds is 3. The number of carbonyl (C=O) groups is 3. The lowest BCUT2D eigenvalue weighted by Gasteiger charge is -2.30. The molecule has 2 aliphatic heterocycles. The number of thioether (sulfide) groups is 1. The van der Waals surface area contributed by atoms with Crippen molar-refractivity contribution < 1.29 is 19.1 Å². The Bertz CT molecular complexity index is 489. The molecule has 2 fully saturated rings. The van der Waals surface area contributed by atoms with E-state index < -0.39 is 5.60 Å². The zero-order valence-corrected chi connectivity index (χ0v) is 15.1. The van der Waals surface area contributed by atoms with Gasteiger partial charge in [-0.3, -0.25) is 9.59 Å². The Morgan fingerprint density at radius 1 is 1.35 bits per heavy atom. The Labute approximate surface area is 141 Å². The summed E-state index contributed by atoms with van der Waals surface area (Å²) in [5.74, 6) is 0.0692. The molecule has 1 unspecified atom stereocenters. The van der Waals surface area contributed by atoms with Crippen LogP contribution in [-0.4, -0.2) is 63.4 Å². The predicted octanol–water partition coefficient (Wildman–Crippen LogP) is 2.27. The smallest absolute Gasteiger partial charge is 0.410 e. The standard InChI is InChI=1S/C16H26N2O4S/c1-11(19)23-13-8-14(20)17(10-13)9-12-6-5-7-18(12)15(21)22-16(2,3)4/h12-13H,5-10H2,1-4H3/t12-,13?/m1/s1. The first-order valence-electron chi connectivity index (χ1n) is 8.10. The highest BCUT2D eigenvalue weighted by Crippen LogP contribution is 2.27. The fourth-order valence-corrected chi connectivity index (χ4v) is 4.02. The highest BCUT2D eigenvalue weighted by molar-refractivity contribution is 8.14. The van der Waals surface area contributed by atoms with Crippen molar-refractivity contribution >= 4 is 28.9 Å². The molecule has 2 heterocycles. The topological polar surface area (TPSA) is 66.9 Å². The largest absolute Gasteiger partial charge is 0.444 e. The maximum Gasteiger partial charge on any atom is 0.410 e. The van der Waals surface area contributed by atoms with E-state index in [1.807, 2.05) is 20.8 Å². The Morgan fingerprint density at radius 2 is 2.04 bits per heavy atom. The third-order valence-corrected chi connectivity index (χ3v) is 4.93. The second kappa shape index (κ2) is 7.11. The van der Waals surface area contributed by atoms with E-state index in [0.717, 1.165) is 12.8 Å². The zero-order valence-electron chi connectivity index (χ0n) is 14.3. The number of hydrogen-bond acceptors (Lipinski definition) is 5. The van der Waals surface area contributed by atoms with Gasteiger partial charge in [0, 0.05) is 38.2 Å². The first-order valence-corrected chi connectivity index (χ1v) is 8.98. The van der Waals surface area contributed by atoms with Crippen molar-refractivity contribution in [2.75, 3.05) is 19.6 Å². The van der Waals surface area contributed by atoms with Gasteiger partial charge in [-0.05, 0) is 33.6 Å². The van der Waals surface area contributed by atoms with E-state index in [9.17, 15) is 14.4 Å². The average Bonchev–Trinajstić information content (AvgIpc) is 2.95. The molecule has 0 aromatic rings. The van der Waals surface area contributed by atoms with Gasteiger partial charge in [-0.15, -0.1) is 0 Å². The quantitative estimate of drug-likeness (QED) is 0.787. The molecular formula is C16H26N2O4S. The molecule has 2 amide bonds. The molecule has 130 valence electrons. The van der Waals surface area contributed by atoms with Crippen molar-refractivity contribution in [1.82, 2.24) is 9.80 Å². The summed E-state index contributed by atoms with van der Waals surface area (Å²) < 4.78 is 5.45. The van der Waals surface area contributed by atoms with Gasteiger partial charge in [0.05, 0.1) is 6.04 Å². The highest BCUT2D eigenvalue weighted by atomic mass is 32.2. The Kier molecular flexibility index (Phi) is 5.60. The third kappa shape index (κ3) is 5.12. The van der Waals surface area contributed by atoms with Gasteiger partial charge in [0.25, 0.3) is 0 Å². The molecule has 2 atom stereocenters. The van der Waals surface area contributed by atoms with Gasteiger partial charge in [0.15, 0.2) is 5.12 Å². The normalized spacial score (nSPS) is 25.1. The van der Waals surface area contributed by atoms with E-state index in [2.05, 4.69) is 0 Å². The summed E-state index contributed by atoms with van der Waals surface area (Å²) in [5, 5.41) is 0.0808. The number of ether oxygens (including phenoxy) is 1. The summed E-state index contributed by atoms with van der Waals surface area (Å²) in [4.78, 5) is 39.1. The number of amides is 2. The van der Waals surface area contributed by atoms with Crippen molar-refractivity contribution in [2.24, 2.45) is 0 Å². The van der Waals surface area contributed by atoms with Crippen molar-refractivity contribution in [3.05, 3.63) is 0 Å². The Morgan fingerprint density at radius 3 is 2.65 bits per heavy atom. The number of nitrogens with zero attached hydrogens (tertiary/aromatic N) is 2. The van der Waals surface area contributed by atoms with E-state index in [-0.39, 0.29) is 28.4 Å². The molecule has 23 heavy (non-hydrogen) atoms. The van der Waals surface area contributed by atoms with Gasteiger partial charge in [-0.25, -0.2) is 4.79 Å². The van der Waals surface area contributed by atoms with Crippen LogP contribution >= 0.6 is 11.8 Å². The maximum absolute atomic E-state index is 12.3. The van der Waals surface area contributed by atoms with Crippen molar-refractivity contribution in [3.63, 3.8) is 0 Å². The molecule has 2 saturated heterocycles. The fourth-order valence-electron chi connectivity index (χ4n) is 3.07. The number of hydrogen-bond donors (Lipinski definition) is 0. The number of likely N-dealkylation sites (tertiary alicyclic amines) is 2. The molecule has 6 nitrogen and oxygen atoms in total. The van der Waals surface area contributed by atoms with Crippen LogP contribution in [0.4, 0.5) is 4.79 Å². The summed E-state index contributed by atoms with van der Waals surface area (Å²) >= 11 is 1.24. The molecule has 7 heteroatoms. The van der Waals surface area contributed by atoms with Crippen molar-refractivity contribution in [2.45, 2.75) is 63.9 Å². The lowest BCUT2D eigenvalue weighted by Crippen LogP contribution is -2.45. The van der Waals surface area contributed by atoms with E-state index >= 15 is 0 Å². The minimum absolute atomic E-state index is 0.00915. The van der Waals surface area contributed by atoms with Gasteiger partial charge in [-0.1, -0.05) is 11.8 Å². The van der Waals surface area contributed by atoms with Gasteiger partial charge < -0.3 is 14.5 Å². The molecule has 0 aliphatic carbocycles. The minimum atomic E-state index is -0.517. The van der Waals surface area contributed by atoms with Crippen LogP contribution in [0.5, 0.6) is 0 Å². The summed E-state index contributed by atoms with van der Waals surface area (Å²) in [7, 11) is 0. The van der Waals surface area contributed by atoms with Crippen LogP contribution in [0, 0.1) is 0 Å². The third-order valence-electron chi connectivity index (χ3n) is 3.95. The van der Waals surface area contributed by atoms with Gasteiger partial charge in [0.1, 0.15) is 5.60 Å². The molecule has 0 aromatic carbocycles. The maximum atomic E-state index is 12.3. The fraction of sp³-hybridized carbons (Fsp3) is 0.812. The van der Waals surface area contributed by atoms with Crippen LogP contribution in [-0.2, 0) is 14.3 Å². The van der Waals surface area contributed by atoms with Gasteiger partial charge >= 0.3 is 6.09 Å². The van der Waals surface area contributed by atoms with Crippen LogP contribution < -0.4 is 0 Å². The van der Waals surface area contributed by atoms with Crippen molar-refractivity contribution in [3.8, 4) is 0 Å². The monoisotopic (exact) mass is 342 g/mol. The molecule has 0 saturated carbocycles. The van der Waals surface area contributed by atoms with Crippen molar-refractivity contribution in [1.29, 1.82) is 0 Å². The summed E-state index contributed by atoms with van der Waals surface area (Å²) in [5.41, 5.74) is -0.517. The second-order valence-electron chi connectivity index (χ2n) is 7.20. The Hall–Kier alpha value is -1.24. The lowest BCUT2D eigenvalue weighted by atomic mass is 10.2. The first kappa shape index (κ1) is 18.1. The summed E-state index contributed by atoms with van der Waals surface area (Å²) in [6, 6.07) is 0.00915. The SMILES string of the molecule is CC(=O)SC1CC(=O)N(C[C@H]2CCCN2C(=O)OC(C)(C)C)C1. The molecule has 0 N–H and O–H groups in total. The molecule has 0 spiro atoms. The summed E-state index contributed by atoms with van der Waals surface area (Å²) in [6.45, 7) is 8.87. The van der Waals surface area contributed by atoms with Crippen LogP contribution in [0.3, 0.4) is 0 Å². The van der Waals surface area contributed by atoms with E-state index in [4.69, 9.17) is 4.74 Å². The van der Waals surface area contributed by atoms with E-state index in [0.29, 0.717) is 26.1 Å². The van der Waals surface area contributed by atoms with E-state index in [1.54, 1.807) is 9.80 Å². The van der Waals surface area contributed by atoms with Crippen LogP contribution in [0.25, 0.3) is 0 Å². The van der Waals surface area contributed by atoms with Gasteiger partial charge in [-0.2, -0.15) is 0 Å². The molecule has 2 rings (SSSR count). The predicted molar refractivity (Wildman–Crippen MR) is 89.2 cm³/mol. The second-order valence-corrected chi connectivity index (χ2v) is 8.68. The Balaban J connectivity index is 1.92. The van der Waals surface area contributed by atoms with E-state index in [1.165, 1.54) is 18.7 Å². The highest BCUT2D eigenvalue weighted by Gasteiger charge is 2.37. The minimum Gasteiger partial charge on any atom is -0.444 e. The lowest BCUT2D eigenvalue weighted by molar-refractivity contribution is -0.128. The molecule has 0 aromatic heterocycles. The van der Waals surface area contributed by atoms with Crippen LogP contribution in [0.15, 0.2) is 0 Å². The summed E-state index contributed by atoms with van der Waals surface area (Å²) in [6.07, 6.45) is 1.91. The first-order chi connectivity index (χ1) is 10.7. The van der Waals surface area contributed by atoms with Crippen LogP contribution in [0.1, 0.15) is 47.0 Å². The molecule has 2 aliphatic rings. The zero-order chi connectivity index (χ0) is 17.2. The van der Waals surface area contributed by atoms with Gasteiger partial charge in [0.2, 0.25) is 5.91 Å². The van der Waals surface area contributed by atoms with Crippen LogP contribution in [0.2, 0.25) is 0 Å². The molecule has 0 bridgehead atoms. The molecule has 0 radical (unpaired) electrons. The molecular weight excluding hydrogens is 316 g/mol. The number of carbonyl (C=O) groups excluding carboxylic acids is 3. The average molecular weight is 342 g/mol.